The number of urea groups is 1. The third-order valence-electron chi connectivity index (χ3n) is 4.70. The van der Waals surface area contributed by atoms with Gasteiger partial charge in [0.15, 0.2) is 0 Å². The molecule has 1 aliphatic heterocycles. The largest absolute Gasteiger partial charge is 0.345 e. The quantitative estimate of drug-likeness (QED) is 0.780. The lowest BCUT2D eigenvalue weighted by atomic mass is 10.0. The molecule has 0 fully saturated rings. The summed E-state index contributed by atoms with van der Waals surface area (Å²) in [6, 6.07) is 7.62. The minimum absolute atomic E-state index is 0.0330. The Labute approximate surface area is 153 Å². The molecule has 3 rings (SSSR count). The molecule has 0 bridgehead atoms. The van der Waals surface area contributed by atoms with Crippen LogP contribution in [-0.2, 0) is 19.5 Å². The van der Waals surface area contributed by atoms with Crippen LogP contribution in [0.25, 0.3) is 0 Å². The van der Waals surface area contributed by atoms with Gasteiger partial charge in [-0.3, -0.25) is 4.57 Å². The Morgan fingerprint density at radius 1 is 1.23 bits per heavy atom. The molecule has 2 N–H and O–H groups in total. The summed E-state index contributed by atoms with van der Waals surface area (Å²) in [5.41, 5.74) is 1.98. The molecule has 0 aliphatic carbocycles. The van der Waals surface area contributed by atoms with Gasteiger partial charge >= 0.3 is 11.7 Å². The molecule has 0 saturated heterocycles. The van der Waals surface area contributed by atoms with Crippen LogP contribution < -0.4 is 16.3 Å². The van der Waals surface area contributed by atoms with Crippen LogP contribution in [0.15, 0.2) is 29.1 Å². The zero-order valence-corrected chi connectivity index (χ0v) is 15.5. The van der Waals surface area contributed by atoms with Gasteiger partial charge in [0.1, 0.15) is 5.82 Å². The molecule has 140 valence electrons. The molecular formula is C19H27N5O2. The van der Waals surface area contributed by atoms with Gasteiger partial charge in [0.2, 0.25) is 0 Å². The van der Waals surface area contributed by atoms with Crippen molar-refractivity contribution in [1.29, 1.82) is 0 Å². The van der Waals surface area contributed by atoms with Gasteiger partial charge < -0.3 is 10.6 Å². The molecule has 0 saturated carbocycles. The number of nitrogens with one attached hydrogen (secondary N) is 2. The topological polar surface area (TPSA) is 81.0 Å². The number of hydrogen-bond acceptors (Lipinski definition) is 3. The highest BCUT2D eigenvalue weighted by Crippen LogP contribution is 2.17. The highest BCUT2D eigenvalue weighted by molar-refractivity contribution is 5.89. The number of carbonyl (C=O) groups is 1. The maximum absolute atomic E-state index is 12.2. The number of fused-ring (bicyclic) bond motifs is 1. The standard InChI is InChI=1S/C19H27N5O2/c1-14(2)15-7-9-16(10-8-15)21-18(25)20-11-5-13-24-19(26)23-12-4-3-6-17(23)22-24/h7-10,14H,3-6,11-13H2,1-2H3,(H2,20,21,25). The van der Waals surface area contributed by atoms with Crippen LogP contribution in [0.5, 0.6) is 0 Å². The van der Waals surface area contributed by atoms with Gasteiger partial charge in [-0.15, -0.1) is 0 Å². The molecule has 2 amide bonds. The fraction of sp³-hybridized carbons (Fsp3) is 0.526. The summed E-state index contributed by atoms with van der Waals surface area (Å²) in [5, 5.41) is 10.0. The molecular weight excluding hydrogens is 330 g/mol. The number of carbonyl (C=O) groups excluding carboxylic acids is 1. The summed E-state index contributed by atoms with van der Waals surface area (Å²) in [4.78, 5) is 24.2. The molecule has 2 aromatic rings. The van der Waals surface area contributed by atoms with Crippen molar-refractivity contribution < 1.29 is 4.79 Å². The predicted octanol–water partition coefficient (Wildman–Crippen LogP) is 2.72. The van der Waals surface area contributed by atoms with E-state index in [2.05, 4.69) is 29.6 Å². The van der Waals surface area contributed by atoms with Crippen molar-refractivity contribution in [3.8, 4) is 0 Å². The summed E-state index contributed by atoms with van der Waals surface area (Å²) in [7, 11) is 0. The van der Waals surface area contributed by atoms with Crippen molar-refractivity contribution in [3.63, 3.8) is 0 Å². The molecule has 1 aliphatic rings. The van der Waals surface area contributed by atoms with Crippen molar-refractivity contribution in [3.05, 3.63) is 46.1 Å². The number of aromatic nitrogens is 3. The first kappa shape index (κ1) is 18.2. The van der Waals surface area contributed by atoms with Gasteiger partial charge in [0, 0.05) is 31.7 Å². The maximum Gasteiger partial charge on any atom is 0.345 e. The Hall–Kier alpha value is -2.57. The Bertz CT molecular complexity index is 804. The van der Waals surface area contributed by atoms with Gasteiger partial charge in [-0.25, -0.2) is 14.3 Å². The lowest BCUT2D eigenvalue weighted by Crippen LogP contribution is -2.31. The molecule has 0 radical (unpaired) electrons. The molecule has 7 heteroatoms. The van der Waals surface area contributed by atoms with E-state index in [0.717, 1.165) is 37.3 Å². The number of anilines is 1. The van der Waals surface area contributed by atoms with Crippen LogP contribution in [0.3, 0.4) is 0 Å². The summed E-state index contributed by atoms with van der Waals surface area (Å²) in [5.74, 6) is 1.35. The van der Waals surface area contributed by atoms with E-state index in [-0.39, 0.29) is 11.7 Å². The van der Waals surface area contributed by atoms with Crippen LogP contribution in [-0.4, -0.2) is 26.9 Å². The molecule has 0 unspecified atom stereocenters. The van der Waals surface area contributed by atoms with Gasteiger partial charge in [-0.1, -0.05) is 26.0 Å². The molecule has 7 nitrogen and oxygen atoms in total. The Morgan fingerprint density at radius 2 is 2.00 bits per heavy atom. The number of rotatable bonds is 6. The minimum Gasteiger partial charge on any atom is -0.338 e. The van der Waals surface area contributed by atoms with Gasteiger partial charge in [0.05, 0.1) is 0 Å². The Morgan fingerprint density at radius 3 is 2.69 bits per heavy atom. The molecule has 0 atom stereocenters. The van der Waals surface area contributed by atoms with Crippen molar-refractivity contribution in [2.75, 3.05) is 11.9 Å². The van der Waals surface area contributed by atoms with Crippen LogP contribution in [0.2, 0.25) is 0 Å². The van der Waals surface area contributed by atoms with E-state index in [1.54, 1.807) is 4.57 Å². The van der Waals surface area contributed by atoms with E-state index < -0.39 is 0 Å². The Kier molecular flexibility index (Phi) is 5.75. The highest BCUT2D eigenvalue weighted by Gasteiger charge is 2.16. The number of aryl methyl sites for hydroxylation is 2. The monoisotopic (exact) mass is 357 g/mol. The average molecular weight is 357 g/mol. The molecule has 1 aromatic heterocycles. The van der Waals surface area contributed by atoms with E-state index in [4.69, 9.17) is 0 Å². The molecule has 26 heavy (non-hydrogen) atoms. The Balaban J connectivity index is 1.43. The van der Waals surface area contributed by atoms with E-state index >= 15 is 0 Å². The molecule has 1 aromatic carbocycles. The molecule has 2 heterocycles. The van der Waals surface area contributed by atoms with Gasteiger partial charge in [0.25, 0.3) is 0 Å². The lowest BCUT2D eigenvalue weighted by molar-refractivity contribution is 0.251. The van der Waals surface area contributed by atoms with Crippen LogP contribution in [0, 0.1) is 0 Å². The first-order valence-corrected chi connectivity index (χ1v) is 9.36. The van der Waals surface area contributed by atoms with E-state index in [1.807, 2.05) is 24.3 Å². The zero-order chi connectivity index (χ0) is 18.5. The molecule has 0 spiro atoms. The lowest BCUT2D eigenvalue weighted by Gasteiger charge is -2.09. The van der Waals surface area contributed by atoms with Gasteiger partial charge in [-0.05, 0) is 42.9 Å². The number of benzene rings is 1. The van der Waals surface area contributed by atoms with Crippen LogP contribution in [0.1, 0.15) is 50.4 Å². The van der Waals surface area contributed by atoms with Crippen molar-refractivity contribution in [1.82, 2.24) is 19.7 Å². The van der Waals surface area contributed by atoms with Gasteiger partial charge in [-0.2, -0.15) is 5.10 Å². The first-order valence-electron chi connectivity index (χ1n) is 9.36. The number of amides is 2. The summed E-state index contributed by atoms with van der Waals surface area (Å²) < 4.78 is 3.29. The second-order valence-electron chi connectivity index (χ2n) is 7.04. The first-order chi connectivity index (χ1) is 12.5. The zero-order valence-electron chi connectivity index (χ0n) is 15.5. The smallest absolute Gasteiger partial charge is 0.338 e. The van der Waals surface area contributed by atoms with E-state index in [0.29, 0.717) is 25.4 Å². The summed E-state index contributed by atoms with van der Waals surface area (Å²) >= 11 is 0. The second kappa shape index (κ2) is 8.21. The SMILES string of the molecule is CC(C)c1ccc(NC(=O)NCCCn2nc3n(c2=O)CCCC3)cc1. The number of nitrogens with zero attached hydrogens (tertiary/aromatic N) is 3. The predicted molar refractivity (Wildman–Crippen MR) is 102 cm³/mol. The third-order valence-corrected chi connectivity index (χ3v) is 4.70. The normalized spacial score (nSPS) is 13.5. The average Bonchev–Trinajstić information content (AvgIpc) is 2.95. The minimum atomic E-state index is -0.237. The second-order valence-corrected chi connectivity index (χ2v) is 7.04. The summed E-state index contributed by atoms with van der Waals surface area (Å²) in [6.45, 7) is 6.05. The van der Waals surface area contributed by atoms with Crippen LogP contribution >= 0.6 is 0 Å². The third kappa shape index (κ3) is 4.33. The van der Waals surface area contributed by atoms with Crippen molar-refractivity contribution in [2.24, 2.45) is 0 Å². The summed E-state index contributed by atoms with van der Waals surface area (Å²) in [6.07, 6.45) is 3.67. The number of hydrogen-bond donors (Lipinski definition) is 2. The van der Waals surface area contributed by atoms with Crippen molar-refractivity contribution >= 4 is 11.7 Å². The fourth-order valence-electron chi connectivity index (χ4n) is 3.15. The van der Waals surface area contributed by atoms with Crippen molar-refractivity contribution in [2.45, 2.75) is 58.5 Å². The van der Waals surface area contributed by atoms with E-state index in [1.165, 1.54) is 10.2 Å². The maximum atomic E-state index is 12.2. The fourth-order valence-corrected chi connectivity index (χ4v) is 3.15. The highest BCUT2D eigenvalue weighted by atomic mass is 16.2. The van der Waals surface area contributed by atoms with E-state index in [9.17, 15) is 9.59 Å². The van der Waals surface area contributed by atoms with Crippen LogP contribution in [0.4, 0.5) is 10.5 Å².